The first-order chi connectivity index (χ1) is 12.1. The maximum atomic E-state index is 12.8. The van der Waals surface area contributed by atoms with Crippen LogP contribution in [0.4, 0.5) is 5.69 Å². The minimum atomic E-state index is -0.683. The lowest BCUT2D eigenvalue weighted by molar-refractivity contribution is -0.139. The van der Waals surface area contributed by atoms with Gasteiger partial charge in [0.2, 0.25) is 0 Å². The summed E-state index contributed by atoms with van der Waals surface area (Å²) in [7, 11) is 5.76. The van der Waals surface area contributed by atoms with Crippen molar-refractivity contribution in [3.05, 3.63) is 24.3 Å². The third kappa shape index (κ3) is 6.01. The molecule has 1 saturated carbocycles. The predicted molar refractivity (Wildman–Crippen MR) is 101 cm³/mol. The molecule has 1 aliphatic carbocycles. The number of nitrogens with zero attached hydrogens (tertiary/aromatic N) is 1. The lowest BCUT2D eigenvalue weighted by Crippen LogP contribution is -2.44. The topological polar surface area (TPSA) is 50.8 Å². The molecule has 1 N–H and O–H groups in total. The molecular formula is C20H32N2O3. The van der Waals surface area contributed by atoms with Gasteiger partial charge in [-0.05, 0) is 57.6 Å². The van der Waals surface area contributed by atoms with Gasteiger partial charge >= 0.3 is 0 Å². The van der Waals surface area contributed by atoms with Crippen molar-refractivity contribution < 1.29 is 14.3 Å². The first-order valence-electron chi connectivity index (χ1n) is 9.30. The van der Waals surface area contributed by atoms with E-state index in [9.17, 15) is 4.79 Å². The molecular weight excluding hydrogens is 316 g/mol. The van der Waals surface area contributed by atoms with Gasteiger partial charge in [0.25, 0.3) is 5.91 Å². The average molecular weight is 348 g/mol. The van der Waals surface area contributed by atoms with Crippen molar-refractivity contribution in [2.45, 2.75) is 50.5 Å². The summed E-state index contributed by atoms with van der Waals surface area (Å²) in [5, 5.41) is 3.01. The van der Waals surface area contributed by atoms with Gasteiger partial charge < -0.3 is 19.7 Å². The summed E-state index contributed by atoms with van der Waals surface area (Å²) in [6, 6.07) is 7.58. The van der Waals surface area contributed by atoms with Crippen LogP contribution in [0.3, 0.4) is 0 Å². The van der Waals surface area contributed by atoms with E-state index in [1.165, 1.54) is 12.8 Å². The van der Waals surface area contributed by atoms with E-state index in [2.05, 4.69) is 24.3 Å². The Kier molecular flexibility index (Phi) is 7.72. The number of carbonyl (C=O) groups is 1. The van der Waals surface area contributed by atoms with Gasteiger partial charge in [0.1, 0.15) is 11.4 Å². The summed E-state index contributed by atoms with van der Waals surface area (Å²) in [5.74, 6) is 0.796. The number of anilines is 1. The SMILES string of the molecule is COC1(C(=O)Nc2ccc(OCCCN(C)C)cc2)CCCCCC1. The van der Waals surface area contributed by atoms with Crippen LogP contribution in [-0.4, -0.2) is 50.8 Å². The molecule has 0 bridgehead atoms. The molecule has 0 saturated heterocycles. The first kappa shape index (κ1) is 19.7. The number of nitrogens with one attached hydrogen (secondary N) is 1. The van der Waals surface area contributed by atoms with Crippen LogP contribution in [0, 0.1) is 0 Å². The summed E-state index contributed by atoms with van der Waals surface area (Å²) in [4.78, 5) is 14.9. The molecule has 140 valence electrons. The van der Waals surface area contributed by atoms with E-state index >= 15 is 0 Å². The number of benzene rings is 1. The summed E-state index contributed by atoms with van der Waals surface area (Å²) in [6.07, 6.45) is 7.02. The molecule has 0 aromatic heterocycles. The van der Waals surface area contributed by atoms with E-state index in [1.54, 1.807) is 7.11 Å². The standard InChI is InChI=1S/C20H32N2O3/c1-22(2)15-8-16-25-18-11-9-17(10-12-18)21-19(23)20(24-3)13-6-4-5-7-14-20/h9-12H,4-8,13-16H2,1-3H3,(H,21,23). The maximum absolute atomic E-state index is 12.8. The normalized spacial score (nSPS) is 17.1. The second-order valence-corrected chi connectivity index (χ2v) is 7.10. The van der Waals surface area contributed by atoms with Crippen molar-refractivity contribution in [3.8, 4) is 5.75 Å². The van der Waals surface area contributed by atoms with Gasteiger partial charge in [-0.3, -0.25) is 4.79 Å². The van der Waals surface area contributed by atoms with Crippen molar-refractivity contribution in [2.75, 3.05) is 39.7 Å². The Balaban J connectivity index is 1.88. The summed E-state index contributed by atoms with van der Waals surface area (Å²) >= 11 is 0. The largest absolute Gasteiger partial charge is 0.494 e. The molecule has 0 unspecified atom stereocenters. The molecule has 25 heavy (non-hydrogen) atoms. The highest BCUT2D eigenvalue weighted by Crippen LogP contribution is 2.31. The fourth-order valence-electron chi connectivity index (χ4n) is 3.27. The summed E-state index contributed by atoms with van der Waals surface area (Å²) < 4.78 is 11.4. The molecule has 1 aromatic rings. The highest BCUT2D eigenvalue weighted by molar-refractivity contribution is 5.97. The van der Waals surface area contributed by atoms with Crippen molar-refractivity contribution in [2.24, 2.45) is 0 Å². The van der Waals surface area contributed by atoms with Crippen molar-refractivity contribution >= 4 is 11.6 Å². The molecule has 0 radical (unpaired) electrons. The summed E-state index contributed by atoms with van der Waals surface area (Å²) in [5.41, 5.74) is 0.101. The van der Waals surface area contributed by atoms with E-state index in [1.807, 2.05) is 24.3 Å². The van der Waals surface area contributed by atoms with Crippen LogP contribution in [0.15, 0.2) is 24.3 Å². The Labute approximate surface area is 151 Å². The van der Waals surface area contributed by atoms with Crippen LogP contribution in [0.5, 0.6) is 5.75 Å². The highest BCUT2D eigenvalue weighted by atomic mass is 16.5. The lowest BCUT2D eigenvalue weighted by Gasteiger charge is -2.29. The molecule has 1 aliphatic rings. The molecule has 1 fully saturated rings. The van der Waals surface area contributed by atoms with Crippen LogP contribution < -0.4 is 10.1 Å². The fraction of sp³-hybridized carbons (Fsp3) is 0.650. The van der Waals surface area contributed by atoms with E-state index in [-0.39, 0.29) is 5.91 Å². The quantitative estimate of drug-likeness (QED) is 0.575. The third-order valence-electron chi connectivity index (χ3n) is 4.85. The number of hydrogen-bond donors (Lipinski definition) is 1. The summed E-state index contributed by atoms with van der Waals surface area (Å²) in [6.45, 7) is 1.70. The minimum Gasteiger partial charge on any atom is -0.494 e. The zero-order chi connectivity index (χ0) is 18.1. The molecule has 5 nitrogen and oxygen atoms in total. The molecule has 1 amide bonds. The van der Waals surface area contributed by atoms with Gasteiger partial charge in [0.15, 0.2) is 0 Å². The molecule has 1 aromatic carbocycles. The Bertz CT molecular complexity index is 520. The third-order valence-corrected chi connectivity index (χ3v) is 4.85. The van der Waals surface area contributed by atoms with Gasteiger partial charge in [0.05, 0.1) is 6.61 Å². The Hall–Kier alpha value is -1.59. The van der Waals surface area contributed by atoms with E-state index in [0.29, 0.717) is 6.61 Å². The average Bonchev–Trinajstić information content (AvgIpc) is 2.86. The Morgan fingerprint density at radius 1 is 1.12 bits per heavy atom. The highest BCUT2D eigenvalue weighted by Gasteiger charge is 2.38. The van der Waals surface area contributed by atoms with Crippen LogP contribution in [0.1, 0.15) is 44.9 Å². The molecule has 5 heteroatoms. The second kappa shape index (κ2) is 9.78. The monoisotopic (exact) mass is 348 g/mol. The first-order valence-corrected chi connectivity index (χ1v) is 9.30. The van der Waals surface area contributed by atoms with Crippen LogP contribution in [0.25, 0.3) is 0 Å². The zero-order valence-corrected chi connectivity index (χ0v) is 15.8. The van der Waals surface area contributed by atoms with Gasteiger partial charge in [-0.25, -0.2) is 0 Å². The van der Waals surface area contributed by atoms with Gasteiger partial charge in [-0.2, -0.15) is 0 Å². The van der Waals surface area contributed by atoms with Crippen molar-refractivity contribution in [3.63, 3.8) is 0 Å². The molecule has 0 atom stereocenters. The smallest absolute Gasteiger partial charge is 0.256 e. The van der Waals surface area contributed by atoms with Crippen molar-refractivity contribution in [1.82, 2.24) is 4.90 Å². The van der Waals surface area contributed by atoms with Gasteiger partial charge in [-0.15, -0.1) is 0 Å². The lowest BCUT2D eigenvalue weighted by atomic mass is 9.93. The van der Waals surface area contributed by atoms with E-state index < -0.39 is 5.60 Å². The van der Waals surface area contributed by atoms with Gasteiger partial charge in [-0.1, -0.05) is 25.7 Å². The number of methoxy groups -OCH3 is 1. The number of ether oxygens (including phenoxy) is 2. The molecule has 0 heterocycles. The van der Waals surface area contributed by atoms with E-state index in [4.69, 9.17) is 9.47 Å². The Morgan fingerprint density at radius 2 is 1.76 bits per heavy atom. The second-order valence-electron chi connectivity index (χ2n) is 7.10. The number of hydrogen-bond acceptors (Lipinski definition) is 4. The van der Waals surface area contributed by atoms with Crippen LogP contribution in [-0.2, 0) is 9.53 Å². The molecule has 0 spiro atoms. The van der Waals surface area contributed by atoms with E-state index in [0.717, 1.165) is 50.1 Å². The van der Waals surface area contributed by atoms with Crippen LogP contribution >= 0.6 is 0 Å². The zero-order valence-electron chi connectivity index (χ0n) is 15.8. The number of rotatable bonds is 8. The van der Waals surface area contributed by atoms with Crippen molar-refractivity contribution in [1.29, 1.82) is 0 Å². The minimum absolute atomic E-state index is 0.0310. The van der Waals surface area contributed by atoms with Gasteiger partial charge in [0, 0.05) is 19.3 Å². The number of amides is 1. The van der Waals surface area contributed by atoms with Crippen LogP contribution in [0.2, 0.25) is 0 Å². The molecule has 2 rings (SSSR count). The fourth-order valence-corrected chi connectivity index (χ4v) is 3.27. The number of carbonyl (C=O) groups excluding carboxylic acids is 1. The molecule has 0 aliphatic heterocycles. The maximum Gasteiger partial charge on any atom is 0.256 e. The predicted octanol–water partition coefficient (Wildman–Crippen LogP) is 3.70. The Morgan fingerprint density at radius 3 is 2.32 bits per heavy atom.